The molecule has 0 bridgehead atoms. The van der Waals surface area contributed by atoms with Crippen molar-refractivity contribution in [3.8, 4) is 0 Å². The standard InChI is InChI=1S/C18H31N3/c1-5-10-21-17(15-11-19-13-20-12-15)14-6-8-16(9-7-14)18(2,3)4/h11-14,16-17,21H,5-10H2,1-4H3. The number of nitrogens with one attached hydrogen (secondary N) is 1. The first-order valence-electron chi connectivity index (χ1n) is 8.50. The Bertz CT molecular complexity index is 402. The Kier molecular flexibility index (Phi) is 5.74. The molecule has 0 aromatic carbocycles. The van der Waals surface area contributed by atoms with Crippen LogP contribution in [0, 0.1) is 17.3 Å². The van der Waals surface area contributed by atoms with E-state index >= 15 is 0 Å². The van der Waals surface area contributed by atoms with Crippen LogP contribution in [0.1, 0.15) is 71.4 Å². The first-order valence-corrected chi connectivity index (χ1v) is 8.50. The Hall–Kier alpha value is -0.960. The number of aromatic nitrogens is 2. The molecule has 1 N–H and O–H groups in total. The van der Waals surface area contributed by atoms with Gasteiger partial charge in [0, 0.05) is 24.0 Å². The number of nitrogens with zero attached hydrogens (tertiary/aromatic N) is 2. The number of hydrogen-bond acceptors (Lipinski definition) is 3. The topological polar surface area (TPSA) is 37.8 Å². The van der Waals surface area contributed by atoms with Gasteiger partial charge in [-0.2, -0.15) is 0 Å². The summed E-state index contributed by atoms with van der Waals surface area (Å²) in [6.45, 7) is 10.4. The maximum Gasteiger partial charge on any atom is 0.115 e. The average molecular weight is 289 g/mol. The van der Waals surface area contributed by atoms with Crippen molar-refractivity contribution in [1.82, 2.24) is 15.3 Å². The molecule has 0 radical (unpaired) electrons. The Morgan fingerprint density at radius 3 is 2.29 bits per heavy atom. The smallest absolute Gasteiger partial charge is 0.115 e. The molecule has 0 saturated heterocycles. The van der Waals surface area contributed by atoms with Crippen molar-refractivity contribution in [3.63, 3.8) is 0 Å². The van der Waals surface area contributed by atoms with Crippen LogP contribution in [0.2, 0.25) is 0 Å². The highest BCUT2D eigenvalue weighted by molar-refractivity contribution is 5.11. The fourth-order valence-corrected chi connectivity index (χ4v) is 3.65. The van der Waals surface area contributed by atoms with Gasteiger partial charge in [-0.1, -0.05) is 27.7 Å². The van der Waals surface area contributed by atoms with E-state index in [1.54, 1.807) is 6.33 Å². The summed E-state index contributed by atoms with van der Waals surface area (Å²) in [4.78, 5) is 8.42. The zero-order valence-electron chi connectivity index (χ0n) is 14.1. The van der Waals surface area contributed by atoms with Crippen LogP contribution in [0.25, 0.3) is 0 Å². The summed E-state index contributed by atoms with van der Waals surface area (Å²) in [5, 5.41) is 3.73. The molecule has 1 aliphatic rings. The van der Waals surface area contributed by atoms with Crippen molar-refractivity contribution in [2.75, 3.05) is 6.54 Å². The molecule has 1 aromatic heterocycles. The van der Waals surface area contributed by atoms with Gasteiger partial charge >= 0.3 is 0 Å². The molecule has 3 heteroatoms. The van der Waals surface area contributed by atoms with Gasteiger partial charge in [0.2, 0.25) is 0 Å². The second-order valence-electron chi connectivity index (χ2n) is 7.58. The van der Waals surface area contributed by atoms with Crippen LogP contribution in [0.4, 0.5) is 0 Å². The molecule has 1 saturated carbocycles. The molecule has 1 atom stereocenters. The van der Waals surface area contributed by atoms with Crippen molar-refractivity contribution in [1.29, 1.82) is 0 Å². The predicted molar refractivity (Wildman–Crippen MR) is 88.0 cm³/mol. The zero-order valence-corrected chi connectivity index (χ0v) is 14.1. The van der Waals surface area contributed by atoms with Gasteiger partial charge in [0.05, 0.1) is 0 Å². The van der Waals surface area contributed by atoms with Crippen molar-refractivity contribution in [2.45, 2.75) is 65.8 Å². The maximum absolute atomic E-state index is 4.21. The molecule has 21 heavy (non-hydrogen) atoms. The second kappa shape index (κ2) is 7.35. The zero-order chi connectivity index (χ0) is 15.3. The quantitative estimate of drug-likeness (QED) is 0.874. The molecular weight excluding hydrogens is 258 g/mol. The molecule has 3 nitrogen and oxygen atoms in total. The summed E-state index contributed by atoms with van der Waals surface area (Å²) >= 11 is 0. The summed E-state index contributed by atoms with van der Waals surface area (Å²) in [6, 6.07) is 0.423. The lowest BCUT2D eigenvalue weighted by Gasteiger charge is -2.39. The molecule has 1 unspecified atom stereocenters. The first-order chi connectivity index (χ1) is 10.0. The third-order valence-corrected chi connectivity index (χ3v) is 5.02. The van der Waals surface area contributed by atoms with Crippen LogP contribution in [0.5, 0.6) is 0 Å². The predicted octanol–water partition coefficient (Wildman–Crippen LogP) is 4.37. The lowest BCUT2D eigenvalue weighted by molar-refractivity contribution is 0.132. The summed E-state index contributed by atoms with van der Waals surface area (Å²) in [5.41, 5.74) is 1.71. The first kappa shape index (κ1) is 16.4. The molecule has 1 heterocycles. The second-order valence-corrected chi connectivity index (χ2v) is 7.58. The normalized spacial score (nSPS) is 24.8. The lowest BCUT2D eigenvalue weighted by atomic mass is 9.68. The molecule has 1 fully saturated rings. The molecule has 2 rings (SSSR count). The summed E-state index contributed by atoms with van der Waals surface area (Å²) in [7, 11) is 0. The largest absolute Gasteiger partial charge is 0.310 e. The van der Waals surface area contributed by atoms with E-state index in [0.29, 0.717) is 11.5 Å². The third kappa shape index (κ3) is 4.50. The fourth-order valence-electron chi connectivity index (χ4n) is 3.65. The van der Waals surface area contributed by atoms with E-state index in [9.17, 15) is 0 Å². The van der Waals surface area contributed by atoms with Gasteiger partial charge in [0.25, 0.3) is 0 Å². The number of hydrogen-bond donors (Lipinski definition) is 1. The maximum atomic E-state index is 4.21. The van der Waals surface area contributed by atoms with Gasteiger partial charge in [-0.3, -0.25) is 0 Å². The van der Waals surface area contributed by atoms with Crippen molar-refractivity contribution in [2.24, 2.45) is 17.3 Å². The van der Waals surface area contributed by atoms with Gasteiger partial charge in [0.15, 0.2) is 0 Å². The van der Waals surface area contributed by atoms with Gasteiger partial charge < -0.3 is 5.32 Å². The van der Waals surface area contributed by atoms with E-state index in [1.165, 1.54) is 37.7 Å². The molecule has 0 spiro atoms. The minimum absolute atomic E-state index is 0.423. The van der Waals surface area contributed by atoms with Crippen LogP contribution >= 0.6 is 0 Å². The van der Waals surface area contributed by atoms with E-state index in [0.717, 1.165) is 18.4 Å². The van der Waals surface area contributed by atoms with Crippen molar-refractivity contribution < 1.29 is 0 Å². The molecular formula is C18H31N3. The van der Waals surface area contributed by atoms with E-state index < -0.39 is 0 Å². The van der Waals surface area contributed by atoms with Crippen LogP contribution in [0.3, 0.4) is 0 Å². The van der Waals surface area contributed by atoms with Gasteiger partial charge in [0.1, 0.15) is 6.33 Å². The lowest BCUT2D eigenvalue weighted by Crippen LogP contribution is -2.34. The van der Waals surface area contributed by atoms with Crippen molar-refractivity contribution >= 4 is 0 Å². The highest BCUT2D eigenvalue weighted by Crippen LogP contribution is 2.43. The SMILES string of the molecule is CCCNC(c1cncnc1)C1CCC(C(C)(C)C)CC1. The van der Waals surface area contributed by atoms with Crippen LogP contribution in [-0.2, 0) is 0 Å². The number of rotatable bonds is 5. The third-order valence-electron chi connectivity index (χ3n) is 5.02. The van der Waals surface area contributed by atoms with Crippen LogP contribution in [-0.4, -0.2) is 16.5 Å². The Labute approximate surface area is 130 Å². The van der Waals surface area contributed by atoms with E-state index in [1.807, 2.05) is 12.4 Å². The highest BCUT2D eigenvalue weighted by Gasteiger charge is 2.33. The molecule has 0 amide bonds. The summed E-state index contributed by atoms with van der Waals surface area (Å²) < 4.78 is 0. The Balaban J connectivity index is 2.02. The Morgan fingerprint density at radius 1 is 1.14 bits per heavy atom. The van der Waals surface area contributed by atoms with E-state index in [-0.39, 0.29) is 0 Å². The highest BCUT2D eigenvalue weighted by atomic mass is 14.9. The van der Waals surface area contributed by atoms with Gasteiger partial charge in [-0.25, -0.2) is 9.97 Å². The van der Waals surface area contributed by atoms with Crippen LogP contribution < -0.4 is 5.32 Å². The molecule has 0 aliphatic heterocycles. The monoisotopic (exact) mass is 289 g/mol. The molecule has 1 aromatic rings. The summed E-state index contributed by atoms with van der Waals surface area (Å²) in [6.07, 6.45) is 12.1. The fraction of sp³-hybridized carbons (Fsp3) is 0.778. The average Bonchev–Trinajstić information content (AvgIpc) is 2.48. The van der Waals surface area contributed by atoms with Gasteiger partial charge in [-0.15, -0.1) is 0 Å². The van der Waals surface area contributed by atoms with Gasteiger partial charge in [-0.05, 0) is 55.9 Å². The van der Waals surface area contributed by atoms with E-state index in [2.05, 4.69) is 43.0 Å². The molecule has 118 valence electrons. The molecule has 1 aliphatic carbocycles. The minimum Gasteiger partial charge on any atom is -0.310 e. The Morgan fingerprint density at radius 2 is 1.76 bits per heavy atom. The summed E-state index contributed by atoms with van der Waals surface area (Å²) in [5.74, 6) is 1.59. The van der Waals surface area contributed by atoms with E-state index in [4.69, 9.17) is 0 Å². The minimum atomic E-state index is 0.423. The van der Waals surface area contributed by atoms with Crippen LogP contribution in [0.15, 0.2) is 18.7 Å². The van der Waals surface area contributed by atoms with Crippen molar-refractivity contribution in [3.05, 3.63) is 24.3 Å².